The summed E-state index contributed by atoms with van der Waals surface area (Å²) in [6, 6.07) is 17.0. The molecule has 0 aliphatic carbocycles. The van der Waals surface area contributed by atoms with Crippen LogP contribution in [-0.4, -0.2) is 69.0 Å². The topological polar surface area (TPSA) is 83.8 Å². The van der Waals surface area contributed by atoms with Gasteiger partial charge in [-0.3, -0.25) is 19.6 Å². The Bertz CT molecular complexity index is 1830. The van der Waals surface area contributed by atoms with E-state index in [1.807, 2.05) is 42.7 Å². The van der Waals surface area contributed by atoms with Crippen molar-refractivity contribution in [2.75, 3.05) is 37.6 Å². The summed E-state index contributed by atoms with van der Waals surface area (Å²) in [4.78, 5) is 41.2. The van der Waals surface area contributed by atoms with Crippen LogP contribution in [-0.2, 0) is 17.8 Å². The molecule has 0 unspecified atom stereocenters. The van der Waals surface area contributed by atoms with Crippen molar-refractivity contribution in [3.63, 3.8) is 0 Å². The summed E-state index contributed by atoms with van der Waals surface area (Å²) in [6.07, 6.45) is 9.17. The number of likely N-dealkylation sites (tertiary alicyclic amines) is 1. The summed E-state index contributed by atoms with van der Waals surface area (Å²) in [5.41, 5.74) is 2.82. The summed E-state index contributed by atoms with van der Waals surface area (Å²) in [6.45, 7) is 5.15. The van der Waals surface area contributed by atoms with E-state index in [0.29, 0.717) is 17.9 Å². The minimum absolute atomic E-state index is 0.0448. The lowest BCUT2D eigenvalue weighted by Gasteiger charge is -2.17. The van der Waals surface area contributed by atoms with Gasteiger partial charge in [-0.2, -0.15) is 0 Å². The number of benzene rings is 2. The highest BCUT2D eigenvalue weighted by molar-refractivity contribution is 7.22. The lowest BCUT2D eigenvalue weighted by atomic mass is 10.1. The number of rotatable bonds is 10. The summed E-state index contributed by atoms with van der Waals surface area (Å²) >= 11 is 1.50. The monoisotopic (exact) mass is 624 g/mol. The van der Waals surface area contributed by atoms with Crippen LogP contribution in [0.5, 0.6) is 11.5 Å². The van der Waals surface area contributed by atoms with E-state index >= 15 is 4.39 Å². The number of thiophene rings is 1. The zero-order valence-corrected chi connectivity index (χ0v) is 25.6. The average molecular weight is 625 g/mol. The average Bonchev–Trinajstić information content (AvgIpc) is 3.86. The summed E-state index contributed by atoms with van der Waals surface area (Å²) in [5, 5.41) is 0. The third kappa shape index (κ3) is 6.31. The number of pyridine rings is 1. The quantitative estimate of drug-likeness (QED) is 0.174. The fraction of sp³-hybridized carbons (Fsp3) is 0.294. The molecule has 7 rings (SSSR count). The van der Waals surface area contributed by atoms with E-state index in [1.165, 1.54) is 54.3 Å². The molecule has 45 heavy (non-hydrogen) atoms. The minimum atomic E-state index is -0.589. The largest absolute Gasteiger partial charge is 0.453 e. The summed E-state index contributed by atoms with van der Waals surface area (Å²) in [7, 11) is 0. The first kappa shape index (κ1) is 29.1. The van der Waals surface area contributed by atoms with Crippen LogP contribution in [0.15, 0.2) is 79.4 Å². The van der Waals surface area contributed by atoms with Gasteiger partial charge >= 0.3 is 6.03 Å². The predicted octanol–water partition coefficient (Wildman–Crippen LogP) is 6.59. The van der Waals surface area contributed by atoms with Gasteiger partial charge in [-0.25, -0.2) is 14.2 Å². The third-order valence-electron chi connectivity index (χ3n) is 8.30. The van der Waals surface area contributed by atoms with E-state index in [0.717, 1.165) is 46.0 Å². The number of hydrogen-bond donors (Lipinski definition) is 0. The number of nitrogens with zero attached hydrogens (tertiary/aromatic N) is 6. The van der Waals surface area contributed by atoms with Crippen molar-refractivity contribution in [3.8, 4) is 22.1 Å². The van der Waals surface area contributed by atoms with Gasteiger partial charge in [-0.05, 0) is 74.8 Å². The molecule has 5 heterocycles. The van der Waals surface area contributed by atoms with Gasteiger partial charge in [-0.15, -0.1) is 11.3 Å². The van der Waals surface area contributed by atoms with E-state index in [4.69, 9.17) is 4.74 Å². The van der Waals surface area contributed by atoms with Crippen LogP contribution >= 0.6 is 11.3 Å². The lowest BCUT2D eigenvalue weighted by Crippen LogP contribution is -2.37. The Kier molecular flexibility index (Phi) is 8.27. The molecular formula is C34H33FN6O3S. The van der Waals surface area contributed by atoms with E-state index in [1.54, 1.807) is 23.2 Å². The van der Waals surface area contributed by atoms with Crippen molar-refractivity contribution in [3.05, 3.63) is 90.8 Å². The molecule has 2 fully saturated rings. The van der Waals surface area contributed by atoms with Crippen LogP contribution in [0, 0.1) is 5.82 Å². The van der Waals surface area contributed by atoms with E-state index in [-0.39, 0.29) is 30.7 Å². The van der Waals surface area contributed by atoms with Crippen molar-refractivity contribution in [1.82, 2.24) is 24.3 Å². The lowest BCUT2D eigenvalue weighted by molar-refractivity contribution is -0.126. The number of fused-ring (bicyclic) bond motifs is 1. The molecule has 0 N–H and O–H groups in total. The maximum atomic E-state index is 15.2. The van der Waals surface area contributed by atoms with Gasteiger partial charge in [0.25, 0.3) is 0 Å². The van der Waals surface area contributed by atoms with E-state index in [2.05, 4.69) is 25.6 Å². The van der Waals surface area contributed by atoms with Crippen molar-refractivity contribution in [2.45, 2.75) is 32.2 Å². The maximum absolute atomic E-state index is 15.2. The molecule has 0 bridgehead atoms. The zero-order valence-electron chi connectivity index (χ0n) is 24.8. The van der Waals surface area contributed by atoms with Gasteiger partial charge in [0.2, 0.25) is 5.91 Å². The highest BCUT2D eigenvalue weighted by atomic mass is 32.1. The van der Waals surface area contributed by atoms with Crippen molar-refractivity contribution >= 4 is 39.2 Å². The fourth-order valence-electron chi connectivity index (χ4n) is 5.96. The first-order valence-electron chi connectivity index (χ1n) is 15.3. The molecule has 0 saturated carbocycles. The number of carbonyl (C=O) groups excluding carboxylic acids is 2. The molecule has 3 aromatic heterocycles. The van der Waals surface area contributed by atoms with Gasteiger partial charge in [-0.1, -0.05) is 24.3 Å². The van der Waals surface area contributed by atoms with Crippen LogP contribution in [0.3, 0.4) is 0 Å². The molecule has 2 aromatic carbocycles. The van der Waals surface area contributed by atoms with Crippen LogP contribution in [0.2, 0.25) is 0 Å². The number of aryl methyl sites for hydroxylation is 1. The normalized spacial score (nSPS) is 15.4. The number of anilines is 1. The number of halogens is 1. The molecular weight excluding hydrogens is 591 g/mol. The SMILES string of the molecule is O=C(Cc1ccc(Oc2ccnc3cc(-c4cn(CCCN5CCCC5)cn4)sc23)c(F)c1)N1CCN(c2ccccc2)C1=O. The first-order valence-corrected chi connectivity index (χ1v) is 16.1. The molecule has 230 valence electrons. The summed E-state index contributed by atoms with van der Waals surface area (Å²) in [5.74, 6) is -0.424. The number of amides is 3. The Balaban J connectivity index is 1.00. The molecule has 5 aromatic rings. The molecule has 3 amide bonds. The molecule has 2 aliphatic heterocycles. The minimum Gasteiger partial charge on any atom is -0.453 e. The van der Waals surface area contributed by atoms with Gasteiger partial charge in [0.15, 0.2) is 11.6 Å². The number of imide groups is 1. The third-order valence-corrected chi connectivity index (χ3v) is 9.46. The van der Waals surface area contributed by atoms with Crippen molar-refractivity contribution in [1.29, 1.82) is 0 Å². The highest BCUT2D eigenvalue weighted by Crippen LogP contribution is 2.39. The standard InChI is InChI=1S/C34H33FN6O3S/c35-26-19-24(20-32(42)41-18-17-40(34(41)43)25-7-2-1-3-8-25)9-10-29(26)44-30-11-12-36-27-21-31(45-33(27)30)28-22-39(23-37-28)16-6-15-38-13-4-5-14-38/h1-3,7-12,19,21-23H,4-6,13-18,20H2. The molecule has 2 saturated heterocycles. The van der Waals surface area contributed by atoms with Crippen LogP contribution in [0.1, 0.15) is 24.8 Å². The van der Waals surface area contributed by atoms with Crippen molar-refractivity contribution < 1.29 is 18.7 Å². The second-order valence-electron chi connectivity index (χ2n) is 11.4. The predicted molar refractivity (Wildman–Crippen MR) is 172 cm³/mol. The number of imidazole rings is 1. The van der Waals surface area contributed by atoms with Crippen LogP contribution in [0.4, 0.5) is 14.9 Å². The van der Waals surface area contributed by atoms with Gasteiger partial charge in [0, 0.05) is 43.8 Å². The number of aromatic nitrogens is 3. The zero-order chi connectivity index (χ0) is 30.8. The second kappa shape index (κ2) is 12.8. The molecule has 9 nitrogen and oxygen atoms in total. The molecule has 0 radical (unpaired) electrons. The number of hydrogen-bond acceptors (Lipinski definition) is 7. The number of carbonyl (C=O) groups is 2. The van der Waals surface area contributed by atoms with Gasteiger partial charge in [0.05, 0.1) is 33.5 Å². The Morgan fingerprint density at radius 1 is 0.933 bits per heavy atom. The number of ether oxygens (including phenoxy) is 1. The van der Waals surface area contributed by atoms with E-state index in [9.17, 15) is 9.59 Å². The Labute approximate surface area is 264 Å². The number of urea groups is 1. The van der Waals surface area contributed by atoms with E-state index < -0.39 is 5.82 Å². The summed E-state index contributed by atoms with van der Waals surface area (Å²) < 4.78 is 24.2. The highest BCUT2D eigenvalue weighted by Gasteiger charge is 2.33. The number of para-hydroxylation sites is 1. The smallest absolute Gasteiger partial charge is 0.331 e. The molecule has 2 aliphatic rings. The first-order chi connectivity index (χ1) is 22.0. The Hall–Kier alpha value is -4.61. The maximum Gasteiger partial charge on any atom is 0.331 e. The molecule has 0 spiro atoms. The van der Waals surface area contributed by atoms with Gasteiger partial charge in [0.1, 0.15) is 5.75 Å². The Morgan fingerprint density at radius 3 is 2.60 bits per heavy atom. The Morgan fingerprint density at radius 2 is 1.78 bits per heavy atom. The molecule has 11 heteroatoms. The second-order valence-corrected chi connectivity index (χ2v) is 12.4. The van der Waals surface area contributed by atoms with Gasteiger partial charge < -0.3 is 14.2 Å². The molecule has 0 atom stereocenters. The van der Waals surface area contributed by atoms with Crippen LogP contribution in [0.25, 0.3) is 20.8 Å². The van der Waals surface area contributed by atoms with Crippen molar-refractivity contribution in [2.24, 2.45) is 0 Å². The van der Waals surface area contributed by atoms with Crippen LogP contribution < -0.4 is 9.64 Å². The fourth-order valence-corrected chi connectivity index (χ4v) is 6.98.